The lowest BCUT2D eigenvalue weighted by atomic mass is 10.1. The summed E-state index contributed by atoms with van der Waals surface area (Å²) >= 11 is 1.63. The quantitative estimate of drug-likeness (QED) is 0.819. The Morgan fingerprint density at radius 3 is 2.10 bits per heavy atom. The van der Waals surface area contributed by atoms with Gasteiger partial charge in [-0.05, 0) is 60.0 Å². The third-order valence-corrected chi connectivity index (χ3v) is 2.76. The Hall–Kier alpha value is -0.910. The molecule has 0 bridgehead atoms. The molecule has 0 spiro atoms. The van der Waals surface area contributed by atoms with Crippen LogP contribution in [0.5, 0.6) is 0 Å². The Morgan fingerprint density at radius 1 is 1.15 bits per heavy atom. The summed E-state index contributed by atoms with van der Waals surface area (Å²) in [6, 6.07) is -0.573. The maximum Gasteiger partial charge on any atom is 0.408 e. The number of alkyl carbamates (subject to hydrolysis) is 1. The average Bonchev–Trinajstić information content (AvgIpc) is 2.18. The summed E-state index contributed by atoms with van der Waals surface area (Å²) in [5, 5.41) is 5.52. The number of thioether (sulfide) groups is 1. The highest BCUT2D eigenvalue weighted by molar-refractivity contribution is 7.98. The Balaban J connectivity index is 4.63. The van der Waals surface area contributed by atoms with Gasteiger partial charge in [0.25, 0.3) is 0 Å². The number of amides is 2. The molecule has 0 aliphatic rings. The van der Waals surface area contributed by atoms with Gasteiger partial charge < -0.3 is 15.4 Å². The van der Waals surface area contributed by atoms with Crippen LogP contribution in [0.4, 0.5) is 4.79 Å². The number of nitrogens with one attached hydrogen (secondary N) is 2. The van der Waals surface area contributed by atoms with Gasteiger partial charge in [-0.2, -0.15) is 11.8 Å². The lowest BCUT2D eigenvalue weighted by Gasteiger charge is -2.26. The van der Waals surface area contributed by atoms with E-state index in [2.05, 4.69) is 10.6 Å². The standard InChI is InChI=1S/C14H28N2O3S/c1-13(2,3)16-11(17)10(8-9-20-7)15-12(18)19-14(4,5)6/h10H,8-9H2,1-7H3,(H,15,18)(H,16,17). The molecule has 0 aliphatic heterocycles. The minimum absolute atomic E-state index is 0.183. The Morgan fingerprint density at radius 2 is 1.70 bits per heavy atom. The van der Waals surface area contributed by atoms with Crippen LogP contribution in [0, 0.1) is 0 Å². The first-order valence-electron chi connectivity index (χ1n) is 6.75. The summed E-state index contributed by atoms with van der Waals surface area (Å²) in [4.78, 5) is 24.0. The van der Waals surface area contributed by atoms with Crippen molar-refractivity contribution in [2.24, 2.45) is 0 Å². The summed E-state index contributed by atoms with van der Waals surface area (Å²) in [7, 11) is 0. The molecule has 0 aliphatic carbocycles. The summed E-state index contributed by atoms with van der Waals surface area (Å²) in [5.74, 6) is 0.607. The van der Waals surface area contributed by atoms with Crippen LogP contribution in [-0.2, 0) is 9.53 Å². The molecule has 2 N–H and O–H groups in total. The molecule has 1 unspecified atom stereocenters. The van der Waals surface area contributed by atoms with E-state index in [9.17, 15) is 9.59 Å². The van der Waals surface area contributed by atoms with Gasteiger partial charge in [0.1, 0.15) is 11.6 Å². The number of hydrogen-bond acceptors (Lipinski definition) is 4. The van der Waals surface area contributed by atoms with Crippen molar-refractivity contribution >= 4 is 23.8 Å². The van der Waals surface area contributed by atoms with Crippen LogP contribution in [0.1, 0.15) is 48.0 Å². The van der Waals surface area contributed by atoms with Crippen molar-refractivity contribution in [3.8, 4) is 0 Å². The SMILES string of the molecule is CSCCC(NC(=O)OC(C)(C)C)C(=O)NC(C)(C)C. The molecule has 0 saturated heterocycles. The van der Waals surface area contributed by atoms with Crippen molar-refractivity contribution in [1.82, 2.24) is 10.6 Å². The van der Waals surface area contributed by atoms with Crippen LogP contribution in [0.25, 0.3) is 0 Å². The highest BCUT2D eigenvalue weighted by Gasteiger charge is 2.26. The summed E-state index contributed by atoms with van der Waals surface area (Å²) < 4.78 is 5.19. The Bertz CT molecular complexity index is 332. The fourth-order valence-corrected chi connectivity index (χ4v) is 1.88. The van der Waals surface area contributed by atoms with E-state index in [-0.39, 0.29) is 11.4 Å². The predicted molar refractivity (Wildman–Crippen MR) is 84.1 cm³/mol. The first-order chi connectivity index (χ1) is 8.94. The van der Waals surface area contributed by atoms with Gasteiger partial charge in [-0.25, -0.2) is 4.79 Å². The lowest BCUT2D eigenvalue weighted by Crippen LogP contribution is -2.53. The van der Waals surface area contributed by atoms with E-state index in [1.165, 1.54) is 0 Å². The van der Waals surface area contributed by atoms with Gasteiger partial charge in [-0.15, -0.1) is 0 Å². The number of hydrogen-bond donors (Lipinski definition) is 2. The summed E-state index contributed by atoms with van der Waals surface area (Å²) in [6.45, 7) is 11.1. The van der Waals surface area contributed by atoms with E-state index < -0.39 is 17.7 Å². The highest BCUT2D eigenvalue weighted by Crippen LogP contribution is 2.09. The largest absolute Gasteiger partial charge is 0.444 e. The fourth-order valence-electron chi connectivity index (χ4n) is 1.41. The van der Waals surface area contributed by atoms with Crippen molar-refractivity contribution in [1.29, 1.82) is 0 Å². The zero-order valence-electron chi connectivity index (χ0n) is 13.6. The molecule has 0 aromatic carbocycles. The number of carbonyl (C=O) groups excluding carboxylic acids is 2. The molecule has 0 heterocycles. The molecule has 20 heavy (non-hydrogen) atoms. The van der Waals surface area contributed by atoms with Crippen LogP contribution < -0.4 is 10.6 Å². The van der Waals surface area contributed by atoms with Crippen LogP contribution in [-0.4, -0.2) is 41.2 Å². The van der Waals surface area contributed by atoms with Crippen molar-refractivity contribution in [3.63, 3.8) is 0 Å². The van der Waals surface area contributed by atoms with Gasteiger partial charge in [0.2, 0.25) is 5.91 Å². The molecular weight excluding hydrogens is 276 g/mol. The molecule has 5 nitrogen and oxygen atoms in total. The monoisotopic (exact) mass is 304 g/mol. The Kier molecular flexibility index (Phi) is 7.41. The molecule has 118 valence electrons. The van der Waals surface area contributed by atoms with Crippen molar-refractivity contribution in [2.75, 3.05) is 12.0 Å². The van der Waals surface area contributed by atoms with Crippen LogP contribution in [0.3, 0.4) is 0 Å². The zero-order chi connectivity index (χ0) is 16.0. The molecule has 0 aromatic rings. The summed E-state index contributed by atoms with van der Waals surface area (Å²) in [6.07, 6.45) is 1.97. The van der Waals surface area contributed by atoms with Gasteiger partial charge >= 0.3 is 6.09 Å². The second-order valence-corrected chi connectivity index (χ2v) is 7.71. The van der Waals surface area contributed by atoms with E-state index in [1.807, 2.05) is 27.0 Å². The molecule has 6 heteroatoms. The van der Waals surface area contributed by atoms with E-state index in [1.54, 1.807) is 32.5 Å². The van der Waals surface area contributed by atoms with Crippen molar-refractivity contribution < 1.29 is 14.3 Å². The van der Waals surface area contributed by atoms with E-state index >= 15 is 0 Å². The minimum atomic E-state index is -0.575. The van der Waals surface area contributed by atoms with Crippen LogP contribution in [0.2, 0.25) is 0 Å². The van der Waals surface area contributed by atoms with Gasteiger partial charge in [0, 0.05) is 5.54 Å². The number of ether oxygens (including phenoxy) is 1. The first kappa shape index (κ1) is 19.1. The van der Waals surface area contributed by atoms with Crippen molar-refractivity contribution in [3.05, 3.63) is 0 Å². The molecule has 0 aromatic heterocycles. The molecule has 0 saturated carbocycles. The van der Waals surface area contributed by atoms with Crippen LogP contribution >= 0.6 is 11.8 Å². The van der Waals surface area contributed by atoms with E-state index in [4.69, 9.17) is 4.74 Å². The number of carbonyl (C=O) groups is 2. The second kappa shape index (κ2) is 7.76. The van der Waals surface area contributed by atoms with Gasteiger partial charge in [-0.1, -0.05) is 0 Å². The normalized spacial score (nSPS) is 13.6. The highest BCUT2D eigenvalue weighted by atomic mass is 32.2. The Labute approximate surface area is 126 Å². The maximum atomic E-state index is 12.2. The molecule has 2 amide bonds. The first-order valence-corrected chi connectivity index (χ1v) is 8.14. The van der Waals surface area contributed by atoms with Crippen LogP contribution in [0.15, 0.2) is 0 Å². The molecule has 0 rings (SSSR count). The van der Waals surface area contributed by atoms with E-state index in [0.29, 0.717) is 6.42 Å². The smallest absolute Gasteiger partial charge is 0.408 e. The molecule has 0 radical (unpaired) electrons. The second-order valence-electron chi connectivity index (χ2n) is 6.72. The third-order valence-electron chi connectivity index (χ3n) is 2.12. The van der Waals surface area contributed by atoms with E-state index in [0.717, 1.165) is 5.75 Å². The topological polar surface area (TPSA) is 67.4 Å². The van der Waals surface area contributed by atoms with Gasteiger partial charge in [-0.3, -0.25) is 4.79 Å². The fraction of sp³-hybridized carbons (Fsp3) is 0.857. The zero-order valence-corrected chi connectivity index (χ0v) is 14.4. The molecule has 1 atom stereocenters. The van der Waals surface area contributed by atoms with Gasteiger partial charge in [0.05, 0.1) is 0 Å². The minimum Gasteiger partial charge on any atom is -0.444 e. The van der Waals surface area contributed by atoms with Crippen molar-refractivity contribution in [2.45, 2.75) is 65.1 Å². The molecule has 0 fully saturated rings. The van der Waals surface area contributed by atoms with Gasteiger partial charge in [0.15, 0.2) is 0 Å². The number of rotatable bonds is 5. The molecular formula is C14H28N2O3S. The maximum absolute atomic E-state index is 12.2. The summed E-state index contributed by atoms with van der Waals surface area (Å²) in [5.41, 5.74) is -0.904. The average molecular weight is 304 g/mol. The third kappa shape index (κ3) is 9.95. The lowest BCUT2D eigenvalue weighted by molar-refractivity contribution is -0.124. The predicted octanol–water partition coefficient (Wildman–Crippen LogP) is 2.55.